The normalized spacial score (nSPS) is 9.94. The van der Waals surface area contributed by atoms with Crippen LogP contribution in [0.5, 0.6) is 34.5 Å². The van der Waals surface area contributed by atoms with Crippen molar-refractivity contribution in [1.82, 2.24) is 0 Å². The topological polar surface area (TPSA) is 167 Å². The lowest BCUT2D eigenvalue weighted by atomic mass is 10.1. The van der Waals surface area contributed by atoms with Gasteiger partial charge in [-0.15, -0.1) is 0 Å². The number of hydrogen-bond donors (Lipinski definition) is 0. The molecule has 0 aliphatic carbocycles. The van der Waals surface area contributed by atoms with E-state index < -0.39 is 11.9 Å². The number of rotatable bonds is 22. The zero-order chi connectivity index (χ0) is 58.7. The average Bonchev–Trinajstić information content (AvgIpc) is 3.43. The molecule has 0 saturated carbocycles. The molecular formula is C63H64Cl4O13. The Morgan fingerprint density at radius 2 is 0.625 bits per heavy atom. The third kappa shape index (κ3) is 29.9. The Kier molecular flexibility index (Phi) is 31.6. The van der Waals surface area contributed by atoms with Crippen LogP contribution < -0.4 is 28.4 Å². The van der Waals surface area contributed by atoms with E-state index in [1.807, 2.05) is 136 Å². The molecular weight excluding hydrogens is 1110 g/mol. The van der Waals surface area contributed by atoms with Crippen molar-refractivity contribution in [2.45, 2.75) is 72.0 Å². The summed E-state index contributed by atoms with van der Waals surface area (Å²) in [5.41, 5.74) is 6.24. The number of ether oxygens (including phenoxy) is 7. The summed E-state index contributed by atoms with van der Waals surface area (Å²) in [6.45, 7) is 7.05. The van der Waals surface area contributed by atoms with Gasteiger partial charge in [-0.3, -0.25) is 28.8 Å². The van der Waals surface area contributed by atoms with E-state index in [2.05, 4.69) is 0 Å². The van der Waals surface area contributed by atoms with Gasteiger partial charge in [-0.25, -0.2) is 0 Å². The first-order valence-electron chi connectivity index (χ1n) is 24.9. The molecule has 13 nitrogen and oxygen atoms in total. The molecule has 17 heteroatoms. The van der Waals surface area contributed by atoms with Gasteiger partial charge in [0.15, 0.2) is 0 Å². The van der Waals surface area contributed by atoms with Gasteiger partial charge >= 0.3 is 11.9 Å². The summed E-state index contributed by atoms with van der Waals surface area (Å²) >= 11 is 21.0. The molecule has 0 aliphatic heterocycles. The van der Waals surface area contributed by atoms with E-state index in [0.717, 1.165) is 61.9 Å². The third-order valence-electron chi connectivity index (χ3n) is 10.5. The van der Waals surface area contributed by atoms with Crippen molar-refractivity contribution in [3.05, 3.63) is 215 Å². The van der Waals surface area contributed by atoms with E-state index in [-0.39, 0.29) is 65.6 Å². The molecule has 0 radical (unpaired) electrons. The molecule has 7 aromatic rings. The highest BCUT2D eigenvalue weighted by Gasteiger charge is 2.13. The van der Waals surface area contributed by atoms with Gasteiger partial charge in [-0.1, -0.05) is 103 Å². The fraction of sp³-hybridized carbons (Fsp3) is 0.238. The Bertz CT molecular complexity index is 2880. The largest absolute Gasteiger partial charge is 0.497 e. The molecule has 7 rings (SSSR count). The van der Waals surface area contributed by atoms with Gasteiger partial charge in [0.1, 0.15) is 41.1 Å². The first-order valence-corrected chi connectivity index (χ1v) is 26.5. The first-order chi connectivity index (χ1) is 38.4. The highest BCUT2D eigenvalue weighted by molar-refractivity contribution is 6.64. The third-order valence-corrected chi connectivity index (χ3v) is 11.0. The Labute approximate surface area is 487 Å². The van der Waals surface area contributed by atoms with Gasteiger partial charge in [-0.2, -0.15) is 0 Å². The molecule has 0 fully saturated rings. The number of methoxy groups -OCH3 is 3. The second kappa shape index (κ2) is 38.0. The maximum Gasteiger partial charge on any atom is 0.317 e. The van der Waals surface area contributed by atoms with Crippen LogP contribution in [0, 0.1) is 0 Å². The highest BCUT2D eigenvalue weighted by atomic mass is 35.5. The monoisotopic (exact) mass is 1170 g/mol. The summed E-state index contributed by atoms with van der Waals surface area (Å²) in [5, 5.41) is -1.39. The van der Waals surface area contributed by atoms with Crippen LogP contribution >= 0.6 is 46.4 Å². The van der Waals surface area contributed by atoms with Gasteiger partial charge in [0.05, 0.1) is 46.9 Å². The lowest BCUT2D eigenvalue weighted by molar-refractivity contribution is -0.158. The molecule has 80 heavy (non-hydrogen) atoms. The van der Waals surface area contributed by atoms with Crippen molar-refractivity contribution in [2.24, 2.45) is 0 Å². The summed E-state index contributed by atoms with van der Waals surface area (Å²) in [4.78, 5) is 66.0. The van der Waals surface area contributed by atoms with E-state index in [1.54, 1.807) is 82.0 Å². The van der Waals surface area contributed by atoms with Crippen LogP contribution in [0.4, 0.5) is 0 Å². The quantitative estimate of drug-likeness (QED) is 0.0358. The van der Waals surface area contributed by atoms with Crippen LogP contribution in [0.25, 0.3) is 0 Å². The van der Waals surface area contributed by atoms with Crippen LogP contribution in [-0.2, 0) is 78.6 Å². The first kappa shape index (κ1) is 66.6. The van der Waals surface area contributed by atoms with Crippen molar-refractivity contribution < 1.29 is 61.9 Å². The van der Waals surface area contributed by atoms with Crippen LogP contribution in [-0.4, -0.2) is 66.9 Å². The molecule has 0 amide bonds. The second-order valence-corrected chi connectivity index (χ2v) is 18.9. The number of carbonyl (C=O) groups excluding carboxylic acids is 6. The zero-order valence-corrected chi connectivity index (χ0v) is 48.3. The molecule has 0 spiro atoms. The van der Waals surface area contributed by atoms with Crippen molar-refractivity contribution in [2.75, 3.05) is 27.9 Å². The van der Waals surface area contributed by atoms with Gasteiger partial charge in [-0.05, 0) is 179 Å². The summed E-state index contributed by atoms with van der Waals surface area (Å²) < 4.78 is 36.2. The van der Waals surface area contributed by atoms with Gasteiger partial charge in [0.2, 0.25) is 21.0 Å². The number of hydrogen-bond acceptors (Lipinski definition) is 13. The van der Waals surface area contributed by atoms with Gasteiger partial charge in [0.25, 0.3) is 0 Å². The summed E-state index contributed by atoms with van der Waals surface area (Å²) in [6, 6.07) is 53.3. The Hall–Kier alpha value is -7.68. The van der Waals surface area contributed by atoms with E-state index in [1.165, 1.54) is 0 Å². The van der Waals surface area contributed by atoms with Crippen LogP contribution in [0.2, 0.25) is 0 Å². The van der Waals surface area contributed by atoms with Crippen molar-refractivity contribution in [3.8, 4) is 34.5 Å². The Morgan fingerprint density at radius 3 is 0.900 bits per heavy atom. The number of benzene rings is 7. The molecule has 0 bridgehead atoms. The maximum absolute atomic E-state index is 11.8. The fourth-order valence-corrected chi connectivity index (χ4v) is 7.29. The number of esters is 2. The smallest absolute Gasteiger partial charge is 0.317 e. The lowest BCUT2D eigenvalue weighted by Gasteiger charge is -2.09. The molecule has 0 unspecified atom stereocenters. The number of carbonyl (C=O) groups is 6. The van der Waals surface area contributed by atoms with E-state index in [4.69, 9.17) is 79.6 Å². The minimum atomic E-state index is -0.575. The Balaban J connectivity index is 0.000000269. The predicted octanol–water partition coefficient (Wildman–Crippen LogP) is 13.3. The van der Waals surface area contributed by atoms with E-state index >= 15 is 0 Å². The van der Waals surface area contributed by atoms with E-state index in [0.29, 0.717) is 24.7 Å². The lowest BCUT2D eigenvalue weighted by Crippen LogP contribution is -2.16. The SMILES string of the molecule is CC(C)Oc1ccc(CC(=O)Cl)cc1.CCOc1ccc(CC(=O)Cl)cc1.COc1ccc(CC(=O)Cl)cc1.COc1ccc(CC(=O)OC(=O)Cc2ccc(OC)cc2)cc1.O=C(Cl)Cc1ccc(OCc2ccccc2)cc1. The molecule has 422 valence electrons. The highest BCUT2D eigenvalue weighted by Crippen LogP contribution is 2.19. The second-order valence-electron chi connectivity index (χ2n) is 17.2. The van der Waals surface area contributed by atoms with Crippen LogP contribution in [0.3, 0.4) is 0 Å². The zero-order valence-electron chi connectivity index (χ0n) is 45.3. The standard InChI is InChI=1S/C18H18O5.C15H13ClO2.C11H13ClO2.C10H11ClO2.C9H9ClO2/c1-21-15-7-3-13(4-8-15)11-17(19)23-18(20)12-14-5-9-16(22-2)10-6-14;16-15(17)10-12-6-8-14(9-7-12)18-11-13-4-2-1-3-5-13;1-8(2)14-10-5-3-9(4-6-10)7-11(12)13;1-2-13-9-5-3-8(4-6-9)7-10(11)12;1-12-8-4-2-7(3-5-8)6-9(10)11/h3-10H,11-12H2,1-2H3;1-9H,10-11H2;3-6,8H,7H2,1-2H3;3-6H,2,7H2,1H3;2-5H,6H2,1H3. The summed E-state index contributed by atoms with van der Waals surface area (Å²) in [5.74, 6) is 3.45. The predicted molar refractivity (Wildman–Crippen MR) is 313 cm³/mol. The minimum Gasteiger partial charge on any atom is -0.497 e. The fourth-order valence-electron chi connectivity index (χ4n) is 6.68. The van der Waals surface area contributed by atoms with Gasteiger partial charge < -0.3 is 33.2 Å². The molecule has 0 heterocycles. The average molecular weight is 1170 g/mol. The molecule has 0 atom stereocenters. The van der Waals surface area contributed by atoms with E-state index in [9.17, 15) is 28.8 Å². The number of halogens is 4. The van der Waals surface area contributed by atoms with Crippen LogP contribution in [0.1, 0.15) is 59.7 Å². The summed E-state index contributed by atoms with van der Waals surface area (Å²) in [6.07, 6.45) is 1.30. The molecule has 7 aromatic carbocycles. The molecule has 0 N–H and O–H groups in total. The van der Waals surface area contributed by atoms with Crippen molar-refractivity contribution in [1.29, 1.82) is 0 Å². The maximum atomic E-state index is 11.8. The molecule has 0 aliphatic rings. The van der Waals surface area contributed by atoms with Crippen molar-refractivity contribution in [3.63, 3.8) is 0 Å². The molecule has 0 aromatic heterocycles. The minimum absolute atomic E-state index is 0.0400. The molecule has 0 saturated heterocycles. The van der Waals surface area contributed by atoms with Crippen LogP contribution in [0.15, 0.2) is 176 Å². The summed E-state index contributed by atoms with van der Waals surface area (Å²) in [7, 11) is 4.74. The van der Waals surface area contributed by atoms with Crippen molar-refractivity contribution >= 4 is 79.3 Å². The Morgan fingerprint density at radius 1 is 0.350 bits per heavy atom. The van der Waals surface area contributed by atoms with Gasteiger partial charge in [0, 0.05) is 25.7 Å².